The Hall–Kier alpha value is -1.24. The van der Waals surface area contributed by atoms with E-state index in [0.717, 1.165) is 15.7 Å². The SMILES string of the molecule is Cc1ccc(CNS(=O)(=O)c2cc(Br)ccc2C)cn1. The monoisotopic (exact) mass is 354 g/mol. The average molecular weight is 355 g/mol. The van der Waals surface area contributed by atoms with Crippen molar-refractivity contribution in [3.05, 3.63) is 57.8 Å². The molecular weight excluding hydrogens is 340 g/mol. The Bertz CT molecular complexity index is 712. The lowest BCUT2D eigenvalue weighted by atomic mass is 10.2. The van der Waals surface area contributed by atoms with Gasteiger partial charge in [-0.3, -0.25) is 4.98 Å². The largest absolute Gasteiger partial charge is 0.261 e. The van der Waals surface area contributed by atoms with Crippen LogP contribution >= 0.6 is 15.9 Å². The number of nitrogens with zero attached hydrogens (tertiary/aromatic N) is 1. The van der Waals surface area contributed by atoms with Crippen LogP contribution < -0.4 is 4.72 Å². The minimum atomic E-state index is -3.53. The number of hydrogen-bond acceptors (Lipinski definition) is 3. The molecule has 0 bridgehead atoms. The molecule has 20 heavy (non-hydrogen) atoms. The second-order valence-corrected chi connectivity index (χ2v) is 7.19. The Morgan fingerprint density at radius 2 is 1.95 bits per heavy atom. The molecule has 0 aliphatic carbocycles. The van der Waals surface area contributed by atoms with Gasteiger partial charge in [0.2, 0.25) is 10.0 Å². The summed E-state index contributed by atoms with van der Waals surface area (Å²) in [5.74, 6) is 0. The van der Waals surface area contributed by atoms with Gasteiger partial charge in [0.15, 0.2) is 0 Å². The van der Waals surface area contributed by atoms with Crippen LogP contribution in [0.1, 0.15) is 16.8 Å². The molecule has 1 N–H and O–H groups in total. The summed E-state index contributed by atoms with van der Waals surface area (Å²) in [6.45, 7) is 3.88. The maximum Gasteiger partial charge on any atom is 0.241 e. The predicted molar refractivity (Wildman–Crippen MR) is 81.9 cm³/mol. The zero-order chi connectivity index (χ0) is 14.8. The zero-order valence-corrected chi connectivity index (χ0v) is 13.6. The van der Waals surface area contributed by atoms with Crippen molar-refractivity contribution in [2.24, 2.45) is 0 Å². The Balaban J connectivity index is 2.19. The summed E-state index contributed by atoms with van der Waals surface area (Å²) in [4.78, 5) is 4.43. The summed E-state index contributed by atoms with van der Waals surface area (Å²) in [6, 6.07) is 8.90. The van der Waals surface area contributed by atoms with Gasteiger partial charge in [0.25, 0.3) is 0 Å². The minimum Gasteiger partial charge on any atom is -0.261 e. The fraction of sp³-hybridized carbons (Fsp3) is 0.214. The Morgan fingerprint density at radius 1 is 1.20 bits per heavy atom. The lowest BCUT2D eigenvalue weighted by Gasteiger charge is -2.10. The molecule has 0 spiro atoms. The summed E-state index contributed by atoms with van der Waals surface area (Å²) >= 11 is 3.29. The van der Waals surface area contributed by atoms with Crippen LogP contribution in [0.4, 0.5) is 0 Å². The molecule has 1 aromatic heterocycles. The molecule has 0 fully saturated rings. The van der Waals surface area contributed by atoms with Crippen LogP contribution in [0.3, 0.4) is 0 Å². The highest BCUT2D eigenvalue weighted by atomic mass is 79.9. The van der Waals surface area contributed by atoms with Crippen molar-refractivity contribution in [3.8, 4) is 0 Å². The van der Waals surface area contributed by atoms with E-state index in [1.54, 1.807) is 25.3 Å². The first-order chi connectivity index (χ1) is 9.38. The maximum absolute atomic E-state index is 12.3. The molecular formula is C14H15BrN2O2S. The van der Waals surface area contributed by atoms with Crippen molar-refractivity contribution in [1.29, 1.82) is 0 Å². The molecule has 0 amide bonds. The van der Waals surface area contributed by atoms with Crippen LogP contribution in [0.25, 0.3) is 0 Å². The Kier molecular flexibility index (Phi) is 4.57. The molecule has 0 atom stereocenters. The van der Waals surface area contributed by atoms with Gasteiger partial charge in [-0.25, -0.2) is 13.1 Å². The van der Waals surface area contributed by atoms with E-state index in [0.29, 0.717) is 5.56 Å². The molecule has 106 valence electrons. The maximum atomic E-state index is 12.3. The second-order valence-electron chi connectivity index (χ2n) is 4.54. The molecule has 2 aromatic rings. The third kappa shape index (κ3) is 3.65. The van der Waals surface area contributed by atoms with Gasteiger partial charge in [0.05, 0.1) is 4.90 Å². The van der Waals surface area contributed by atoms with Gasteiger partial charge in [0, 0.05) is 22.9 Å². The number of hydrogen-bond donors (Lipinski definition) is 1. The normalized spacial score (nSPS) is 11.6. The molecule has 0 aliphatic heterocycles. The van der Waals surface area contributed by atoms with E-state index in [-0.39, 0.29) is 11.4 Å². The van der Waals surface area contributed by atoms with Crippen LogP contribution in [-0.4, -0.2) is 13.4 Å². The number of nitrogens with one attached hydrogen (secondary N) is 1. The van der Waals surface area contributed by atoms with E-state index >= 15 is 0 Å². The van der Waals surface area contributed by atoms with Crippen LogP contribution in [0.2, 0.25) is 0 Å². The number of aromatic nitrogens is 1. The Morgan fingerprint density at radius 3 is 2.60 bits per heavy atom. The van der Waals surface area contributed by atoms with Gasteiger partial charge >= 0.3 is 0 Å². The molecule has 4 nitrogen and oxygen atoms in total. The van der Waals surface area contributed by atoms with E-state index in [1.807, 2.05) is 25.1 Å². The summed E-state index contributed by atoms with van der Waals surface area (Å²) in [5.41, 5.74) is 2.44. The minimum absolute atomic E-state index is 0.224. The van der Waals surface area contributed by atoms with E-state index in [2.05, 4.69) is 25.6 Å². The van der Waals surface area contributed by atoms with Crippen molar-refractivity contribution in [3.63, 3.8) is 0 Å². The van der Waals surface area contributed by atoms with Crippen molar-refractivity contribution < 1.29 is 8.42 Å². The molecule has 6 heteroatoms. The van der Waals surface area contributed by atoms with Gasteiger partial charge in [0.1, 0.15) is 0 Å². The van der Waals surface area contributed by atoms with Crippen molar-refractivity contribution in [1.82, 2.24) is 9.71 Å². The molecule has 0 unspecified atom stereocenters. The summed E-state index contributed by atoms with van der Waals surface area (Å²) in [5, 5.41) is 0. The number of sulfonamides is 1. The average Bonchev–Trinajstić information content (AvgIpc) is 2.41. The van der Waals surface area contributed by atoms with E-state index in [4.69, 9.17) is 0 Å². The van der Waals surface area contributed by atoms with Gasteiger partial charge < -0.3 is 0 Å². The van der Waals surface area contributed by atoms with Gasteiger partial charge in [-0.2, -0.15) is 0 Å². The van der Waals surface area contributed by atoms with Crippen molar-refractivity contribution in [2.45, 2.75) is 25.3 Å². The standard InChI is InChI=1S/C14H15BrN2O2S/c1-10-3-6-13(15)7-14(10)20(18,19)17-9-12-5-4-11(2)16-8-12/h3-8,17H,9H2,1-2H3. The highest BCUT2D eigenvalue weighted by Gasteiger charge is 2.16. The fourth-order valence-corrected chi connectivity index (χ4v) is 3.52. The summed E-state index contributed by atoms with van der Waals surface area (Å²) in [7, 11) is -3.53. The van der Waals surface area contributed by atoms with E-state index in [9.17, 15) is 8.42 Å². The first kappa shape index (κ1) is 15.2. The molecule has 0 aliphatic rings. The highest BCUT2D eigenvalue weighted by molar-refractivity contribution is 9.10. The smallest absolute Gasteiger partial charge is 0.241 e. The lowest BCUT2D eigenvalue weighted by Crippen LogP contribution is -2.24. The van der Waals surface area contributed by atoms with Gasteiger partial charge in [-0.1, -0.05) is 28.1 Å². The first-order valence-electron chi connectivity index (χ1n) is 6.06. The van der Waals surface area contributed by atoms with Crippen molar-refractivity contribution >= 4 is 26.0 Å². The number of pyridine rings is 1. The van der Waals surface area contributed by atoms with Crippen LogP contribution in [-0.2, 0) is 16.6 Å². The van der Waals surface area contributed by atoms with Gasteiger partial charge in [-0.05, 0) is 43.2 Å². The number of halogens is 1. The topological polar surface area (TPSA) is 59.1 Å². The molecule has 2 rings (SSSR count). The quantitative estimate of drug-likeness (QED) is 0.917. The lowest BCUT2D eigenvalue weighted by molar-refractivity contribution is 0.580. The van der Waals surface area contributed by atoms with Crippen LogP contribution in [0.5, 0.6) is 0 Å². The highest BCUT2D eigenvalue weighted by Crippen LogP contribution is 2.20. The second kappa shape index (κ2) is 6.03. The first-order valence-corrected chi connectivity index (χ1v) is 8.33. The van der Waals surface area contributed by atoms with E-state index in [1.165, 1.54) is 0 Å². The fourth-order valence-electron chi connectivity index (χ4n) is 1.72. The van der Waals surface area contributed by atoms with E-state index < -0.39 is 10.0 Å². The molecule has 1 aromatic carbocycles. The van der Waals surface area contributed by atoms with Crippen molar-refractivity contribution in [2.75, 3.05) is 0 Å². The molecule has 1 heterocycles. The van der Waals surface area contributed by atoms with Crippen LogP contribution in [0, 0.1) is 13.8 Å². The van der Waals surface area contributed by atoms with Crippen LogP contribution in [0.15, 0.2) is 45.9 Å². The summed E-state index contributed by atoms with van der Waals surface area (Å²) < 4.78 is 27.9. The predicted octanol–water partition coefficient (Wildman–Crippen LogP) is 2.94. The summed E-state index contributed by atoms with van der Waals surface area (Å²) in [6.07, 6.45) is 1.67. The third-order valence-electron chi connectivity index (χ3n) is 2.88. The Labute approximate surface area is 127 Å². The molecule has 0 saturated heterocycles. The van der Waals surface area contributed by atoms with Gasteiger partial charge in [-0.15, -0.1) is 0 Å². The third-order valence-corrected chi connectivity index (χ3v) is 4.92. The molecule has 0 radical (unpaired) electrons. The number of benzene rings is 1. The number of rotatable bonds is 4. The zero-order valence-electron chi connectivity index (χ0n) is 11.2. The molecule has 0 saturated carbocycles. The number of aryl methyl sites for hydroxylation is 2.